The summed E-state index contributed by atoms with van der Waals surface area (Å²) in [4.78, 5) is 11.7. The Labute approximate surface area is 152 Å². The monoisotopic (exact) mass is 379 g/mol. The molecule has 26 heavy (non-hydrogen) atoms. The highest BCUT2D eigenvalue weighted by Crippen LogP contribution is 2.27. The van der Waals surface area contributed by atoms with Gasteiger partial charge in [0.15, 0.2) is 0 Å². The van der Waals surface area contributed by atoms with Gasteiger partial charge >= 0.3 is 5.97 Å². The van der Waals surface area contributed by atoms with Gasteiger partial charge in [0.25, 0.3) is 0 Å². The minimum Gasteiger partial charge on any atom is -0.508 e. The lowest BCUT2D eigenvalue weighted by Gasteiger charge is -2.24. The number of ether oxygens (including phenoxy) is 1. The van der Waals surface area contributed by atoms with Crippen molar-refractivity contribution in [3.05, 3.63) is 54.1 Å². The van der Waals surface area contributed by atoms with Gasteiger partial charge in [-0.05, 0) is 48.4 Å². The number of rotatable bonds is 8. The summed E-state index contributed by atoms with van der Waals surface area (Å²) in [6.45, 7) is 1.77. The molecule has 2 atom stereocenters. The predicted octanol–water partition coefficient (Wildman–Crippen LogP) is 2.33. The SMILES string of the molecule is CCC(c1ccc(O)cc1)C(NS(=O)(=O)c1ccc(OC)cc1)C(=O)O. The molecule has 0 radical (unpaired) electrons. The fraction of sp³-hybridized carbons (Fsp3) is 0.278. The molecule has 0 heterocycles. The van der Waals surface area contributed by atoms with Crippen molar-refractivity contribution in [2.45, 2.75) is 30.2 Å². The Kier molecular flexibility index (Phi) is 6.23. The van der Waals surface area contributed by atoms with Gasteiger partial charge < -0.3 is 14.9 Å². The quantitative estimate of drug-likeness (QED) is 0.649. The number of sulfonamides is 1. The third-order valence-corrected chi connectivity index (χ3v) is 5.54. The first-order chi connectivity index (χ1) is 12.3. The van der Waals surface area contributed by atoms with Gasteiger partial charge in [0.05, 0.1) is 12.0 Å². The van der Waals surface area contributed by atoms with Crippen LogP contribution in [0.25, 0.3) is 0 Å². The molecule has 0 saturated carbocycles. The Morgan fingerprint density at radius 2 is 1.69 bits per heavy atom. The summed E-state index contributed by atoms with van der Waals surface area (Å²) < 4.78 is 32.5. The van der Waals surface area contributed by atoms with Gasteiger partial charge in [-0.2, -0.15) is 4.72 Å². The van der Waals surface area contributed by atoms with Crippen LogP contribution in [0.2, 0.25) is 0 Å². The number of hydrogen-bond acceptors (Lipinski definition) is 5. The van der Waals surface area contributed by atoms with Crippen LogP contribution in [-0.4, -0.2) is 37.8 Å². The van der Waals surface area contributed by atoms with Crippen molar-refractivity contribution in [3.63, 3.8) is 0 Å². The summed E-state index contributed by atoms with van der Waals surface area (Å²) in [6.07, 6.45) is 0.396. The topological polar surface area (TPSA) is 113 Å². The molecule has 0 amide bonds. The molecule has 140 valence electrons. The van der Waals surface area contributed by atoms with Crippen LogP contribution in [-0.2, 0) is 14.8 Å². The zero-order valence-electron chi connectivity index (χ0n) is 14.4. The molecule has 0 bridgehead atoms. The second-order valence-electron chi connectivity index (χ2n) is 5.72. The fourth-order valence-corrected chi connectivity index (χ4v) is 3.91. The molecule has 0 aliphatic carbocycles. The van der Waals surface area contributed by atoms with Gasteiger partial charge in [0, 0.05) is 5.92 Å². The van der Waals surface area contributed by atoms with Crippen molar-refractivity contribution in [3.8, 4) is 11.5 Å². The van der Waals surface area contributed by atoms with Crippen LogP contribution in [0.4, 0.5) is 0 Å². The smallest absolute Gasteiger partial charge is 0.322 e. The number of phenols is 1. The lowest BCUT2D eigenvalue weighted by atomic mass is 9.89. The average Bonchev–Trinajstić information content (AvgIpc) is 2.62. The second kappa shape index (κ2) is 8.20. The maximum absolute atomic E-state index is 12.6. The van der Waals surface area contributed by atoms with Crippen molar-refractivity contribution >= 4 is 16.0 Å². The number of aromatic hydroxyl groups is 1. The fourth-order valence-electron chi connectivity index (χ4n) is 2.68. The molecule has 2 rings (SSSR count). The van der Waals surface area contributed by atoms with E-state index in [0.717, 1.165) is 0 Å². The van der Waals surface area contributed by atoms with E-state index in [2.05, 4.69) is 4.72 Å². The van der Waals surface area contributed by atoms with Gasteiger partial charge in [0.2, 0.25) is 10.0 Å². The van der Waals surface area contributed by atoms with E-state index in [1.807, 2.05) is 0 Å². The first-order valence-corrected chi connectivity index (χ1v) is 9.45. The summed E-state index contributed by atoms with van der Waals surface area (Å²) in [6, 6.07) is 10.4. The molecule has 2 aromatic carbocycles. The van der Waals surface area contributed by atoms with Crippen molar-refractivity contribution < 1.29 is 28.2 Å². The maximum atomic E-state index is 12.6. The number of carboxylic acids is 1. The number of aliphatic carboxylic acids is 1. The van der Waals surface area contributed by atoms with Gasteiger partial charge in [-0.15, -0.1) is 0 Å². The van der Waals surface area contributed by atoms with Crippen LogP contribution in [0.1, 0.15) is 24.8 Å². The first-order valence-electron chi connectivity index (χ1n) is 7.96. The number of carboxylic acid groups (broad SMARTS) is 1. The van der Waals surface area contributed by atoms with E-state index >= 15 is 0 Å². The minimum atomic E-state index is -4.04. The molecule has 0 saturated heterocycles. The van der Waals surface area contributed by atoms with Gasteiger partial charge in [0.1, 0.15) is 17.5 Å². The van der Waals surface area contributed by atoms with Crippen LogP contribution < -0.4 is 9.46 Å². The van der Waals surface area contributed by atoms with Crippen LogP contribution in [0.3, 0.4) is 0 Å². The highest BCUT2D eigenvalue weighted by molar-refractivity contribution is 7.89. The van der Waals surface area contributed by atoms with Gasteiger partial charge in [-0.3, -0.25) is 4.79 Å². The Hall–Kier alpha value is -2.58. The lowest BCUT2D eigenvalue weighted by molar-refractivity contribution is -0.139. The first kappa shape index (κ1) is 19.7. The highest BCUT2D eigenvalue weighted by Gasteiger charge is 2.32. The normalized spacial score (nSPS) is 13.8. The molecule has 0 spiro atoms. The minimum absolute atomic E-state index is 0.0503. The molecular weight excluding hydrogens is 358 g/mol. The van der Waals surface area contributed by atoms with E-state index in [0.29, 0.717) is 17.7 Å². The van der Waals surface area contributed by atoms with Crippen LogP contribution in [0.15, 0.2) is 53.4 Å². The van der Waals surface area contributed by atoms with Crippen LogP contribution >= 0.6 is 0 Å². The van der Waals surface area contributed by atoms with Crippen LogP contribution in [0, 0.1) is 0 Å². The van der Waals surface area contributed by atoms with E-state index in [-0.39, 0.29) is 10.6 Å². The number of hydrogen-bond donors (Lipinski definition) is 3. The van der Waals surface area contributed by atoms with E-state index < -0.39 is 28.0 Å². The molecule has 7 nitrogen and oxygen atoms in total. The second-order valence-corrected chi connectivity index (χ2v) is 7.43. The number of phenolic OH excluding ortho intramolecular Hbond substituents is 1. The average molecular weight is 379 g/mol. The maximum Gasteiger partial charge on any atom is 0.322 e. The zero-order valence-corrected chi connectivity index (χ0v) is 15.2. The van der Waals surface area contributed by atoms with Gasteiger partial charge in [-0.25, -0.2) is 8.42 Å². The molecule has 0 fully saturated rings. The highest BCUT2D eigenvalue weighted by atomic mass is 32.2. The molecule has 2 aromatic rings. The van der Waals surface area contributed by atoms with Crippen LogP contribution in [0.5, 0.6) is 11.5 Å². The van der Waals surface area contributed by atoms with E-state index in [1.165, 1.54) is 43.5 Å². The van der Waals surface area contributed by atoms with E-state index in [9.17, 15) is 23.4 Å². The lowest BCUT2D eigenvalue weighted by Crippen LogP contribution is -2.44. The summed E-state index contributed by atoms with van der Waals surface area (Å²) in [7, 11) is -2.57. The van der Waals surface area contributed by atoms with Crippen molar-refractivity contribution in [2.75, 3.05) is 7.11 Å². The zero-order chi connectivity index (χ0) is 19.3. The largest absolute Gasteiger partial charge is 0.508 e. The third-order valence-electron chi connectivity index (χ3n) is 4.08. The molecular formula is C18H21NO6S. The number of nitrogens with one attached hydrogen (secondary N) is 1. The van der Waals surface area contributed by atoms with E-state index in [4.69, 9.17) is 4.74 Å². The summed E-state index contributed by atoms with van der Waals surface area (Å²) in [5.74, 6) is -1.33. The summed E-state index contributed by atoms with van der Waals surface area (Å²) in [5, 5.41) is 19.0. The van der Waals surface area contributed by atoms with Crippen molar-refractivity contribution in [1.82, 2.24) is 4.72 Å². The molecule has 8 heteroatoms. The standard InChI is InChI=1S/C18H21NO6S/c1-3-16(12-4-6-13(20)7-5-12)17(18(21)22)19-26(23,24)15-10-8-14(25-2)9-11-15/h4-11,16-17,19-20H,3H2,1-2H3,(H,21,22). The molecule has 2 unspecified atom stereocenters. The molecule has 3 N–H and O–H groups in total. The van der Waals surface area contributed by atoms with Crippen molar-refractivity contribution in [1.29, 1.82) is 0 Å². The van der Waals surface area contributed by atoms with Crippen molar-refractivity contribution in [2.24, 2.45) is 0 Å². The molecule has 0 aromatic heterocycles. The number of benzene rings is 2. The number of methoxy groups -OCH3 is 1. The third kappa shape index (κ3) is 4.53. The summed E-state index contributed by atoms with van der Waals surface area (Å²) >= 11 is 0. The Morgan fingerprint density at radius 3 is 2.15 bits per heavy atom. The van der Waals surface area contributed by atoms with E-state index in [1.54, 1.807) is 19.1 Å². The Morgan fingerprint density at radius 1 is 1.12 bits per heavy atom. The number of carbonyl (C=O) groups is 1. The molecule has 0 aliphatic heterocycles. The Bertz CT molecular complexity index is 846. The summed E-state index contributed by atoms with van der Waals surface area (Å²) in [5.41, 5.74) is 0.620. The molecule has 0 aliphatic rings. The predicted molar refractivity (Wildman–Crippen MR) is 95.9 cm³/mol. The Balaban J connectivity index is 2.33. The van der Waals surface area contributed by atoms with Gasteiger partial charge in [-0.1, -0.05) is 19.1 Å².